The van der Waals surface area contributed by atoms with Crippen LogP contribution in [0.2, 0.25) is 10.0 Å². The lowest BCUT2D eigenvalue weighted by Crippen LogP contribution is -2.48. The molecule has 1 aromatic rings. The Bertz CT molecular complexity index is 695. The lowest BCUT2D eigenvalue weighted by molar-refractivity contribution is -0.121. The fourth-order valence-corrected chi connectivity index (χ4v) is 3.79. The third-order valence-corrected chi connectivity index (χ3v) is 5.09. The van der Waals surface area contributed by atoms with E-state index in [1.165, 1.54) is 19.1 Å². The Hall–Kier alpha value is -1.02. The van der Waals surface area contributed by atoms with Crippen molar-refractivity contribution in [2.45, 2.75) is 39.3 Å². The first-order valence-electron chi connectivity index (χ1n) is 7.87. The highest BCUT2D eigenvalue weighted by atomic mass is 35.5. The first-order chi connectivity index (χ1) is 11.5. The molecule has 1 aromatic carbocycles. The molecule has 0 aliphatic carbocycles. The van der Waals surface area contributed by atoms with Crippen LogP contribution < -0.4 is 9.62 Å². The number of anilines is 1. The summed E-state index contributed by atoms with van der Waals surface area (Å²) in [5, 5.41) is 3.23. The van der Waals surface area contributed by atoms with Crippen molar-refractivity contribution in [3.63, 3.8) is 0 Å². The van der Waals surface area contributed by atoms with E-state index in [9.17, 15) is 13.2 Å². The van der Waals surface area contributed by atoms with E-state index in [4.69, 9.17) is 27.9 Å². The van der Waals surface area contributed by atoms with Crippen LogP contribution in [0.4, 0.5) is 5.69 Å². The number of hydrogen-bond acceptors (Lipinski definition) is 4. The smallest absolute Gasteiger partial charge is 0.243 e. The Kier molecular flexibility index (Phi) is 8.47. The molecule has 1 N–H and O–H groups in total. The molecule has 25 heavy (non-hydrogen) atoms. The number of nitrogens with one attached hydrogen (secondary N) is 1. The predicted octanol–water partition coefficient (Wildman–Crippen LogP) is 3.08. The van der Waals surface area contributed by atoms with Gasteiger partial charge in [-0.2, -0.15) is 0 Å². The minimum Gasteiger partial charge on any atom is -0.379 e. The van der Waals surface area contributed by atoms with Crippen LogP contribution in [0, 0.1) is 0 Å². The summed E-state index contributed by atoms with van der Waals surface area (Å²) >= 11 is 12.1. The second kappa shape index (κ2) is 9.62. The minimum atomic E-state index is -3.74. The monoisotopic (exact) mass is 410 g/mol. The maximum absolute atomic E-state index is 12.4. The molecular weight excluding hydrogens is 387 g/mol. The van der Waals surface area contributed by atoms with E-state index in [0.29, 0.717) is 24.6 Å². The van der Waals surface area contributed by atoms with Crippen LogP contribution >= 0.6 is 23.2 Å². The van der Waals surface area contributed by atoms with Crippen molar-refractivity contribution in [2.24, 2.45) is 0 Å². The molecule has 0 saturated heterocycles. The second-order valence-electron chi connectivity index (χ2n) is 5.89. The topological polar surface area (TPSA) is 75.7 Å². The number of carbonyl (C=O) groups is 1. The Morgan fingerprint density at radius 1 is 1.28 bits per heavy atom. The average Bonchev–Trinajstić information content (AvgIpc) is 2.48. The summed E-state index contributed by atoms with van der Waals surface area (Å²) in [4.78, 5) is 12.4. The van der Waals surface area contributed by atoms with Gasteiger partial charge < -0.3 is 10.1 Å². The summed E-state index contributed by atoms with van der Waals surface area (Å²) in [6, 6.07) is 3.49. The molecule has 0 bridgehead atoms. The minimum absolute atomic E-state index is 0.125. The highest BCUT2D eigenvalue weighted by molar-refractivity contribution is 7.92. The average molecular weight is 411 g/mol. The van der Waals surface area contributed by atoms with Gasteiger partial charge in [-0.15, -0.1) is 0 Å². The molecule has 0 unspecified atom stereocenters. The van der Waals surface area contributed by atoms with Crippen LogP contribution in [0.5, 0.6) is 0 Å². The van der Waals surface area contributed by atoms with E-state index in [-0.39, 0.29) is 16.8 Å². The molecule has 1 rings (SSSR count). The Morgan fingerprint density at radius 2 is 1.92 bits per heavy atom. The fraction of sp³-hybridized carbons (Fsp3) is 0.562. The highest BCUT2D eigenvalue weighted by Gasteiger charge is 2.30. The molecule has 142 valence electrons. The summed E-state index contributed by atoms with van der Waals surface area (Å²) in [7, 11) is -3.74. The van der Waals surface area contributed by atoms with Crippen molar-refractivity contribution in [3.8, 4) is 0 Å². The van der Waals surface area contributed by atoms with Crippen molar-refractivity contribution >= 4 is 44.8 Å². The molecule has 0 aromatic heterocycles. The largest absolute Gasteiger partial charge is 0.379 e. The Labute approximate surface area is 159 Å². The van der Waals surface area contributed by atoms with Gasteiger partial charge in [0, 0.05) is 18.2 Å². The van der Waals surface area contributed by atoms with Crippen molar-refractivity contribution in [2.75, 3.05) is 23.7 Å². The third kappa shape index (κ3) is 7.01. The van der Waals surface area contributed by atoms with Crippen LogP contribution in [0.3, 0.4) is 0 Å². The molecule has 0 spiro atoms. The number of nitrogens with zero attached hydrogens (tertiary/aromatic N) is 1. The molecule has 0 aliphatic heterocycles. The Morgan fingerprint density at radius 3 is 2.48 bits per heavy atom. The van der Waals surface area contributed by atoms with Crippen LogP contribution in [0.1, 0.15) is 27.2 Å². The first-order valence-corrected chi connectivity index (χ1v) is 10.5. The zero-order valence-corrected chi connectivity index (χ0v) is 17.1. The summed E-state index contributed by atoms with van der Waals surface area (Å²) in [5.41, 5.74) is 0.169. The molecule has 6 nitrogen and oxygen atoms in total. The molecule has 0 heterocycles. The summed E-state index contributed by atoms with van der Waals surface area (Å²) in [6.07, 6.45) is 1.78. The Balaban J connectivity index is 2.86. The standard InChI is InChI=1S/C16H24Cl2N2O4S/c1-11(2)24-9-5-8-19-16(21)12(3)20(25(4,22)23)15-10-13(17)6-7-14(15)18/h6-7,10-12H,5,8-9H2,1-4H3,(H,19,21)/t12-/m0/s1. The number of carbonyl (C=O) groups excluding carboxylic acids is 1. The molecule has 0 fully saturated rings. The van der Waals surface area contributed by atoms with E-state index >= 15 is 0 Å². The fourth-order valence-electron chi connectivity index (χ4n) is 2.19. The van der Waals surface area contributed by atoms with E-state index in [0.717, 1.165) is 10.6 Å². The number of hydrogen-bond donors (Lipinski definition) is 1. The molecular formula is C16H24Cl2N2O4S. The van der Waals surface area contributed by atoms with Gasteiger partial charge in [0.2, 0.25) is 15.9 Å². The number of ether oxygens (including phenoxy) is 1. The van der Waals surface area contributed by atoms with Crippen LogP contribution in [0.15, 0.2) is 18.2 Å². The molecule has 0 aliphatic rings. The second-order valence-corrected chi connectivity index (χ2v) is 8.60. The van der Waals surface area contributed by atoms with Crippen molar-refractivity contribution in [1.82, 2.24) is 5.32 Å². The number of benzene rings is 1. The zero-order valence-electron chi connectivity index (χ0n) is 14.8. The predicted molar refractivity (Wildman–Crippen MR) is 102 cm³/mol. The normalized spacial score (nSPS) is 12.9. The van der Waals surface area contributed by atoms with E-state index in [1.54, 1.807) is 6.07 Å². The van der Waals surface area contributed by atoms with Crippen molar-refractivity contribution < 1.29 is 17.9 Å². The maximum atomic E-state index is 12.4. The van der Waals surface area contributed by atoms with Crippen LogP contribution in [0.25, 0.3) is 0 Å². The van der Waals surface area contributed by atoms with E-state index in [2.05, 4.69) is 5.32 Å². The van der Waals surface area contributed by atoms with Gasteiger partial charge in [0.25, 0.3) is 0 Å². The van der Waals surface area contributed by atoms with Crippen molar-refractivity contribution in [3.05, 3.63) is 28.2 Å². The SMILES string of the molecule is CC(C)OCCCNC(=O)[C@H](C)N(c1cc(Cl)ccc1Cl)S(C)(=O)=O. The lowest BCUT2D eigenvalue weighted by Gasteiger charge is -2.29. The highest BCUT2D eigenvalue weighted by Crippen LogP contribution is 2.32. The van der Waals surface area contributed by atoms with Gasteiger partial charge in [-0.3, -0.25) is 9.10 Å². The number of halogens is 2. The number of amides is 1. The molecule has 9 heteroatoms. The summed E-state index contributed by atoms with van der Waals surface area (Å²) in [6.45, 7) is 6.26. The quantitative estimate of drug-likeness (QED) is 0.634. The van der Waals surface area contributed by atoms with Gasteiger partial charge in [-0.1, -0.05) is 23.2 Å². The van der Waals surface area contributed by atoms with Gasteiger partial charge in [-0.05, 0) is 45.4 Å². The van der Waals surface area contributed by atoms with Crippen molar-refractivity contribution in [1.29, 1.82) is 0 Å². The summed E-state index contributed by atoms with van der Waals surface area (Å²) < 4.78 is 30.8. The maximum Gasteiger partial charge on any atom is 0.243 e. The number of sulfonamides is 1. The third-order valence-electron chi connectivity index (χ3n) is 3.31. The van der Waals surface area contributed by atoms with Gasteiger partial charge in [0.1, 0.15) is 6.04 Å². The van der Waals surface area contributed by atoms with Gasteiger partial charge in [0.05, 0.1) is 23.1 Å². The van der Waals surface area contributed by atoms with Crippen LogP contribution in [-0.2, 0) is 19.6 Å². The molecule has 1 amide bonds. The first kappa shape index (κ1) is 22.0. The van der Waals surface area contributed by atoms with Gasteiger partial charge >= 0.3 is 0 Å². The lowest BCUT2D eigenvalue weighted by atomic mass is 10.2. The van der Waals surface area contributed by atoms with E-state index in [1.807, 2.05) is 13.8 Å². The molecule has 0 saturated carbocycles. The molecule has 0 radical (unpaired) electrons. The summed E-state index contributed by atoms with van der Waals surface area (Å²) in [5.74, 6) is -0.425. The van der Waals surface area contributed by atoms with Crippen LogP contribution in [-0.4, -0.2) is 45.9 Å². The zero-order chi connectivity index (χ0) is 19.2. The van der Waals surface area contributed by atoms with E-state index < -0.39 is 22.0 Å². The van der Waals surface area contributed by atoms with Gasteiger partial charge in [0.15, 0.2) is 0 Å². The van der Waals surface area contributed by atoms with Gasteiger partial charge in [-0.25, -0.2) is 8.42 Å². The molecule has 1 atom stereocenters. The number of rotatable bonds is 9.